The molecule has 12 nitrogen and oxygen atoms in total. The second-order valence-corrected chi connectivity index (χ2v) is 8.33. The molecule has 0 spiro atoms. The number of aliphatic hydroxyl groups excluding tert-OH is 2. The maximum Gasteiger partial charge on any atom is 0.348 e. The smallest absolute Gasteiger partial charge is 0.348 e. The average Bonchev–Trinajstić information content (AvgIpc) is 2.83. The summed E-state index contributed by atoms with van der Waals surface area (Å²) in [5.74, 6) is -5.41. The summed E-state index contributed by atoms with van der Waals surface area (Å²) in [6, 6.07) is 7.44. The van der Waals surface area contributed by atoms with Crippen molar-refractivity contribution in [2.75, 3.05) is 0 Å². The van der Waals surface area contributed by atoms with Crippen molar-refractivity contribution < 1.29 is 59.6 Å². The number of carboxylic acids is 1. The van der Waals surface area contributed by atoms with Crippen LogP contribution in [0.25, 0.3) is 12.2 Å². The minimum absolute atomic E-state index is 0.288. The van der Waals surface area contributed by atoms with Gasteiger partial charge in [0.05, 0.1) is 6.10 Å². The first kappa shape index (κ1) is 27.0. The molecule has 0 unspecified atom stereocenters. The van der Waals surface area contributed by atoms with Gasteiger partial charge in [0, 0.05) is 25.0 Å². The molecular formula is C25H24O12. The zero-order valence-corrected chi connectivity index (χ0v) is 19.1. The van der Waals surface area contributed by atoms with Gasteiger partial charge >= 0.3 is 17.9 Å². The fourth-order valence-corrected chi connectivity index (χ4v) is 3.68. The number of aliphatic hydroxyl groups is 2. The van der Waals surface area contributed by atoms with Crippen LogP contribution in [0.4, 0.5) is 0 Å². The summed E-state index contributed by atoms with van der Waals surface area (Å²) in [5, 5.41) is 68.0. The predicted octanol–water partition coefficient (Wildman–Crippen LogP) is 1.03. The van der Waals surface area contributed by atoms with Gasteiger partial charge in [-0.05, 0) is 47.5 Å². The number of rotatable bonds is 7. The van der Waals surface area contributed by atoms with Gasteiger partial charge in [-0.25, -0.2) is 14.4 Å². The number of hydrogen-bond acceptors (Lipinski definition) is 11. The van der Waals surface area contributed by atoms with Gasteiger partial charge in [-0.2, -0.15) is 0 Å². The summed E-state index contributed by atoms with van der Waals surface area (Å²) in [7, 11) is 0. The molecule has 12 heteroatoms. The normalized spacial score (nSPS) is 23.7. The van der Waals surface area contributed by atoms with Crippen LogP contribution < -0.4 is 0 Å². The molecule has 2 aromatic rings. The Morgan fingerprint density at radius 3 is 1.78 bits per heavy atom. The first-order chi connectivity index (χ1) is 17.4. The molecule has 0 radical (unpaired) electrons. The van der Waals surface area contributed by atoms with E-state index in [0.717, 1.165) is 18.2 Å². The zero-order valence-electron chi connectivity index (χ0n) is 19.1. The van der Waals surface area contributed by atoms with Crippen LogP contribution >= 0.6 is 0 Å². The highest BCUT2D eigenvalue weighted by atomic mass is 16.6. The molecule has 1 fully saturated rings. The number of aliphatic carboxylic acids is 1. The highest BCUT2D eigenvalue weighted by Gasteiger charge is 2.54. The van der Waals surface area contributed by atoms with Crippen LogP contribution in [0.2, 0.25) is 0 Å². The molecule has 3 rings (SSSR count). The van der Waals surface area contributed by atoms with Crippen LogP contribution in [0.15, 0.2) is 48.6 Å². The van der Waals surface area contributed by atoms with E-state index < -0.39 is 66.2 Å². The number of esters is 2. The Morgan fingerprint density at radius 1 is 0.784 bits per heavy atom. The molecule has 0 saturated heterocycles. The third-order valence-corrected chi connectivity index (χ3v) is 5.62. The number of hydrogen-bond donors (Lipinski definition) is 7. The number of phenols is 4. The SMILES string of the molecule is O=C(C=Cc1ccc(O)c(O)c1)O[C@H]1C[C@](OC(=O)C=Cc2ccc(O)c(O)c2)(C(=O)O)C[C@H](O)[C@@H]1O. The van der Waals surface area contributed by atoms with E-state index in [9.17, 15) is 50.1 Å². The van der Waals surface area contributed by atoms with Crippen LogP contribution in [-0.4, -0.2) is 77.6 Å². The number of benzene rings is 2. The summed E-state index contributed by atoms with van der Waals surface area (Å²) < 4.78 is 10.2. The fraction of sp³-hybridized carbons (Fsp3) is 0.240. The molecule has 0 aliphatic heterocycles. The molecule has 37 heavy (non-hydrogen) atoms. The Morgan fingerprint density at radius 2 is 1.30 bits per heavy atom. The van der Waals surface area contributed by atoms with E-state index in [0.29, 0.717) is 5.56 Å². The van der Waals surface area contributed by atoms with Gasteiger partial charge < -0.3 is 45.2 Å². The average molecular weight is 516 g/mol. The topological polar surface area (TPSA) is 211 Å². The van der Waals surface area contributed by atoms with Gasteiger partial charge in [-0.15, -0.1) is 0 Å². The second kappa shape index (κ2) is 11.0. The zero-order chi connectivity index (χ0) is 27.3. The first-order valence-electron chi connectivity index (χ1n) is 10.8. The Bertz CT molecular complexity index is 1250. The van der Waals surface area contributed by atoms with Crippen LogP contribution in [0.3, 0.4) is 0 Å². The van der Waals surface area contributed by atoms with Gasteiger partial charge in [0.2, 0.25) is 5.60 Å². The number of phenolic OH excluding ortho intramolecular Hbond substituents is 4. The number of ether oxygens (including phenoxy) is 2. The summed E-state index contributed by atoms with van der Waals surface area (Å²) in [6.45, 7) is 0. The van der Waals surface area contributed by atoms with E-state index in [1.807, 2.05) is 0 Å². The second-order valence-electron chi connectivity index (χ2n) is 8.33. The lowest BCUT2D eigenvalue weighted by Gasteiger charge is -2.41. The van der Waals surface area contributed by atoms with Crippen LogP contribution in [0, 0.1) is 0 Å². The van der Waals surface area contributed by atoms with Gasteiger partial charge in [-0.1, -0.05) is 12.1 Å². The van der Waals surface area contributed by atoms with Gasteiger partial charge in [0.15, 0.2) is 23.0 Å². The molecule has 7 N–H and O–H groups in total. The van der Waals surface area contributed by atoms with Crippen molar-refractivity contribution >= 4 is 30.1 Å². The maximum atomic E-state index is 12.4. The third kappa shape index (κ3) is 6.57. The van der Waals surface area contributed by atoms with Crippen molar-refractivity contribution in [3.63, 3.8) is 0 Å². The molecule has 2 aromatic carbocycles. The number of aromatic hydroxyl groups is 4. The van der Waals surface area contributed by atoms with E-state index >= 15 is 0 Å². The van der Waals surface area contributed by atoms with Crippen molar-refractivity contribution in [2.24, 2.45) is 0 Å². The maximum absolute atomic E-state index is 12.4. The first-order valence-corrected chi connectivity index (χ1v) is 10.8. The number of carbonyl (C=O) groups is 3. The molecule has 0 heterocycles. The van der Waals surface area contributed by atoms with Crippen LogP contribution in [-0.2, 0) is 23.9 Å². The standard InChI is InChI=1S/C25H24O12/c26-15-5-1-13(9-17(15)28)3-7-21(31)36-20-12-25(24(34)35,11-19(30)23(20)33)37-22(32)8-4-14-2-6-16(27)18(29)10-14/h1-10,19-20,23,26-30,33H,11-12H2,(H,34,35)/t19-,20-,23-,25-/m0/s1. The molecular weight excluding hydrogens is 492 g/mol. The van der Waals surface area contributed by atoms with Crippen molar-refractivity contribution in [1.29, 1.82) is 0 Å². The highest BCUT2D eigenvalue weighted by Crippen LogP contribution is 2.35. The van der Waals surface area contributed by atoms with Crippen molar-refractivity contribution in [3.8, 4) is 23.0 Å². The Labute approximate surface area is 209 Å². The Hall–Kier alpha value is -4.55. The lowest BCUT2D eigenvalue weighted by Crippen LogP contribution is -2.58. The van der Waals surface area contributed by atoms with E-state index in [4.69, 9.17) is 9.47 Å². The summed E-state index contributed by atoms with van der Waals surface area (Å²) in [6.07, 6.45) is -2.09. The van der Waals surface area contributed by atoms with E-state index in [2.05, 4.69) is 0 Å². The number of carbonyl (C=O) groups excluding carboxylic acids is 2. The van der Waals surface area contributed by atoms with E-state index in [1.165, 1.54) is 42.5 Å². The van der Waals surface area contributed by atoms with E-state index in [-0.39, 0.29) is 17.1 Å². The number of carboxylic acid groups (broad SMARTS) is 1. The van der Waals surface area contributed by atoms with E-state index in [1.54, 1.807) is 0 Å². The van der Waals surface area contributed by atoms with Gasteiger partial charge in [0.25, 0.3) is 0 Å². The van der Waals surface area contributed by atoms with Crippen LogP contribution in [0.5, 0.6) is 23.0 Å². The summed E-state index contributed by atoms with van der Waals surface area (Å²) in [4.78, 5) is 36.7. The van der Waals surface area contributed by atoms with Crippen molar-refractivity contribution in [2.45, 2.75) is 36.8 Å². The Balaban J connectivity index is 1.73. The fourth-order valence-electron chi connectivity index (χ4n) is 3.68. The minimum Gasteiger partial charge on any atom is -0.504 e. The van der Waals surface area contributed by atoms with Crippen molar-refractivity contribution in [1.82, 2.24) is 0 Å². The lowest BCUT2D eigenvalue weighted by atomic mass is 9.79. The summed E-state index contributed by atoms with van der Waals surface area (Å²) >= 11 is 0. The minimum atomic E-state index is -2.34. The molecule has 0 amide bonds. The molecule has 0 aromatic heterocycles. The molecule has 1 aliphatic rings. The Kier molecular flexibility index (Phi) is 8.05. The molecule has 1 saturated carbocycles. The third-order valence-electron chi connectivity index (χ3n) is 5.62. The van der Waals surface area contributed by atoms with Gasteiger partial charge in [0.1, 0.15) is 12.2 Å². The largest absolute Gasteiger partial charge is 0.504 e. The van der Waals surface area contributed by atoms with Crippen molar-refractivity contribution in [3.05, 3.63) is 59.7 Å². The van der Waals surface area contributed by atoms with Gasteiger partial charge in [-0.3, -0.25) is 0 Å². The summed E-state index contributed by atoms with van der Waals surface area (Å²) in [5.41, 5.74) is -1.73. The highest BCUT2D eigenvalue weighted by molar-refractivity contribution is 5.91. The van der Waals surface area contributed by atoms with Crippen LogP contribution in [0.1, 0.15) is 24.0 Å². The molecule has 196 valence electrons. The quantitative estimate of drug-likeness (QED) is 0.156. The lowest BCUT2D eigenvalue weighted by molar-refractivity contribution is -0.207. The molecule has 0 bridgehead atoms. The predicted molar refractivity (Wildman–Crippen MR) is 125 cm³/mol. The monoisotopic (exact) mass is 516 g/mol. The molecule has 4 atom stereocenters. The molecule has 1 aliphatic carbocycles.